The number of nitrogens with one attached hydrogen (secondary N) is 3. The number of aryl methyl sites for hydroxylation is 1. The highest BCUT2D eigenvalue weighted by Crippen LogP contribution is 2.46. The molecule has 13 heteroatoms. The molecule has 0 bridgehead atoms. The lowest BCUT2D eigenvalue weighted by molar-refractivity contribution is -0.117. The molecule has 1 fully saturated rings. The van der Waals surface area contributed by atoms with E-state index < -0.39 is 30.9 Å². The Labute approximate surface area is 198 Å². The van der Waals surface area contributed by atoms with Crippen LogP contribution in [0.5, 0.6) is 0 Å². The molecular weight excluding hydrogens is 443 g/mol. The lowest BCUT2D eigenvalue weighted by Gasteiger charge is -2.34. The van der Waals surface area contributed by atoms with Gasteiger partial charge in [-0.15, -0.1) is 15.3 Å². The van der Waals surface area contributed by atoms with E-state index >= 15 is 0 Å². The zero-order chi connectivity index (χ0) is 26.6. The number of halogens is 1. The number of anilines is 4. The Bertz CT molecular complexity index is 1410. The molecule has 0 saturated heterocycles. The molecule has 1 aliphatic heterocycles. The van der Waals surface area contributed by atoms with Crippen LogP contribution in [0.15, 0.2) is 18.3 Å². The molecule has 5 rings (SSSR count). The summed E-state index contributed by atoms with van der Waals surface area (Å²) in [6.45, 7) is -0.790. The Morgan fingerprint density at radius 1 is 1.26 bits per heavy atom. The van der Waals surface area contributed by atoms with Crippen molar-refractivity contribution in [3.63, 3.8) is 0 Å². The Kier molecular flexibility index (Phi) is 4.31. The predicted molar refractivity (Wildman–Crippen MR) is 121 cm³/mol. The second-order valence-corrected chi connectivity index (χ2v) is 8.21. The maximum atomic E-state index is 13.3. The van der Waals surface area contributed by atoms with Gasteiger partial charge in [-0.1, -0.05) is 5.21 Å². The largest absolute Gasteiger partial charge is 0.363 e. The standard InChI is InChI=1S/C21H23FN10O2/c1-9-17-15(29-30-32(17)4)10-5-6-24-19(18(10)31(9)3)25-13-8-14(26-20(33)11-7-12(11)22)27-28-16(13)21(34)23-2/h5-6,8-9,11-12H,7H2,1-4H3,(H,23,34)(H2,24,25,26,27,33)/t9-,11-,12+/m0/s1/i2D3. The normalized spacial score (nSPS) is 21.9. The minimum absolute atomic E-state index is 0.0338. The number of nitrogens with zero attached hydrogens (tertiary/aromatic N) is 7. The van der Waals surface area contributed by atoms with Crippen LogP contribution in [-0.2, 0) is 11.8 Å². The number of hydrogen-bond donors (Lipinski definition) is 3. The molecule has 3 aromatic rings. The van der Waals surface area contributed by atoms with E-state index in [0.29, 0.717) is 17.2 Å². The van der Waals surface area contributed by atoms with E-state index in [4.69, 9.17) is 4.11 Å². The van der Waals surface area contributed by atoms with Crippen LogP contribution in [0.3, 0.4) is 0 Å². The van der Waals surface area contributed by atoms with Crippen LogP contribution in [0, 0.1) is 5.92 Å². The number of aromatic nitrogens is 6. The molecule has 1 saturated carbocycles. The van der Waals surface area contributed by atoms with Gasteiger partial charge in [-0.2, -0.15) is 0 Å². The van der Waals surface area contributed by atoms with E-state index in [2.05, 4.69) is 36.1 Å². The number of fused-ring (bicyclic) bond motifs is 3. The fourth-order valence-electron chi connectivity index (χ4n) is 4.05. The summed E-state index contributed by atoms with van der Waals surface area (Å²) in [6, 6.07) is 2.98. The zero-order valence-electron chi connectivity index (χ0n) is 21.5. The second-order valence-electron chi connectivity index (χ2n) is 8.21. The maximum Gasteiger partial charge on any atom is 0.273 e. The summed E-state index contributed by atoms with van der Waals surface area (Å²) < 4.78 is 37.1. The Morgan fingerprint density at radius 2 is 2.06 bits per heavy atom. The van der Waals surface area contributed by atoms with E-state index in [9.17, 15) is 14.0 Å². The lowest BCUT2D eigenvalue weighted by atomic mass is 9.98. The van der Waals surface area contributed by atoms with Crippen molar-refractivity contribution in [1.82, 2.24) is 35.5 Å². The summed E-state index contributed by atoms with van der Waals surface area (Å²) in [6.07, 6.45) is 0.467. The first-order valence-corrected chi connectivity index (χ1v) is 10.5. The summed E-state index contributed by atoms with van der Waals surface area (Å²) in [4.78, 5) is 31.4. The SMILES string of the molecule is [2H]C([2H])([2H])NC(=O)c1nnc(NC(=O)[C@H]2C[C@H]2F)cc1Nc1nccc2c1N(C)[C@@H](C)c1c-2nnn1C. The van der Waals surface area contributed by atoms with Crippen LogP contribution in [0.25, 0.3) is 11.3 Å². The molecule has 2 aliphatic rings. The van der Waals surface area contributed by atoms with Gasteiger partial charge in [0.1, 0.15) is 11.9 Å². The average molecular weight is 469 g/mol. The van der Waals surface area contributed by atoms with Crippen molar-refractivity contribution in [3.8, 4) is 11.3 Å². The molecule has 0 unspecified atom stereocenters. The summed E-state index contributed by atoms with van der Waals surface area (Å²) in [5, 5.41) is 23.5. The third kappa shape index (κ3) is 3.49. The minimum atomic E-state index is -2.77. The number of hydrogen-bond acceptors (Lipinski definition) is 9. The molecule has 2 amide bonds. The van der Waals surface area contributed by atoms with E-state index in [-0.39, 0.29) is 29.7 Å². The Hall–Kier alpha value is -4.16. The van der Waals surface area contributed by atoms with Crippen LogP contribution < -0.4 is 20.9 Å². The quantitative estimate of drug-likeness (QED) is 0.507. The fourth-order valence-corrected chi connectivity index (χ4v) is 4.05. The van der Waals surface area contributed by atoms with Gasteiger partial charge in [0.15, 0.2) is 17.3 Å². The molecule has 4 heterocycles. The second kappa shape index (κ2) is 8.01. The first-order chi connectivity index (χ1) is 17.4. The first-order valence-electron chi connectivity index (χ1n) is 12.0. The number of carbonyl (C=O) groups excluding carboxylic acids is 2. The van der Waals surface area contributed by atoms with Crippen LogP contribution in [0.2, 0.25) is 0 Å². The van der Waals surface area contributed by atoms with Gasteiger partial charge in [0.05, 0.1) is 29.0 Å². The summed E-state index contributed by atoms with van der Waals surface area (Å²) >= 11 is 0. The van der Waals surface area contributed by atoms with Crippen molar-refractivity contribution >= 4 is 34.8 Å². The zero-order valence-corrected chi connectivity index (χ0v) is 18.5. The lowest BCUT2D eigenvalue weighted by Crippen LogP contribution is -2.29. The number of alkyl halides is 1. The van der Waals surface area contributed by atoms with E-state index in [1.165, 1.54) is 6.07 Å². The summed E-state index contributed by atoms with van der Waals surface area (Å²) in [5.41, 5.74) is 2.69. The van der Waals surface area contributed by atoms with Gasteiger partial charge in [-0.25, -0.2) is 14.1 Å². The maximum absolute atomic E-state index is 13.3. The van der Waals surface area contributed by atoms with Crippen molar-refractivity contribution in [2.45, 2.75) is 25.6 Å². The van der Waals surface area contributed by atoms with Gasteiger partial charge in [0, 0.05) is 43.0 Å². The third-order valence-electron chi connectivity index (χ3n) is 6.06. The molecule has 0 aromatic carbocycles. The molecule has 0 spiro atoms. The highest BCUT2D eigenvalue weighted by atomic mass is 19.1. The van der Waals surface area contributed by atoms with Gasteiger partial charge < -0.3 is 20.9 Å². The van der Waals surface area contributed by atoms with Gasteiger partial charge in [-0.3, -0.25) is 9.59 Å². The Morgan fingerprint density at radius 3 is 2.79 bits per heavy atom. The average Bonchev–Trinajstić information content (AvgIpc) is 3.43. The number of amides is 2. The summed E-state index contributed by atoms with van der Waals surface area (Å²) in [7, 11) is 3.68. The van der Waals surface area contributed by atoms with Gasteiger partial charge >= 0.3 is 0 Å². The smallest absolute Gasteiger partial charge is 0.273 e. The molecule has 176 valence electrons. The monoisotopic (exact) mass is 469 g/mol. The molecule has 34 heavy (non-hydrogen) atoms. The van der Waals surface area contributed by atoms with Crippen LogP contribution in [0.4, 0.5) is 27.4 Å². The molecular formula is C21H23FN10O2. The van der Waals surface area contributed by atoms with Crippen molar-refractivity contribution < 1.29 is 18.1 Å². The molecule has 3 atom stereocenters. The van der Waals surface area contributed by atoms with Crippen molar-refractivity contribution in [2.24, 2.45) is 13.0 Å². The van der Waals surface area contributed by atoms with Crippen molar-refractivity contribution in [1.29, 1.82) is 0 Å². The molecule has 3 N–H and O–H groups in total. The first kappa shape index (κ1) is 18.3. The van der Waals surface area contributed by atoms with Crippen LogP contribution in [0.1, 0.15) is 39.7 Å². The fraction of sp³-hybridized carbons (Fsp3) is 0.381. The number of pyridine rings is 1. The van der Waals surface area contributed by atoms with E-state index in [1.807, 2.05) is 31.2 Å². The van der Waals surface area contributed by atoms with E-state index in [1.54, 1.807) is 16.9 Å². The van der Waals surface area contributed by atoms with Gasteiger partial charge in [0.25, 0.3) is 5.91 Å². The Balaban J connectivity index is 1.55. The molecule has 0 radical (unpaired) electrons. The van der Waals surface area contributed by atoms with Gasteiger partial charge in [-0.05, 0) is 19.4 Å². The van der Waals surface area contributed by atoms with Gasteiger partial charge in [0.2, 0.25) is 5.91 Å². The van der Waals surface area contributed by atoms with Crippen LogP contribution in [-0.4, -0.2) is 62.2 Å². The highest BCUT2D eigenvalue weighted by Gasteiger charge is 2.44. The molecule has 12 nitrogen and oxygen atoms in total. The third-order valence-corrected chi connectivity index (χ3v) is 6.06. The van der Waals surface area contributed by atoms with E-state index in [0.717, 1.165) is 11.3 Å². The minimum Gasteiger partial charge on any atom is -0.363 e. The topological polar surface area (TPSA) is 143 Å². The molecule has 3 aromatic heterocycles. The molecule has 1 aliphatic carbocycles. The highest BCUT2D eigenvalue weighted by molar-refractivity contribution is 6.00. The predicted octanol–water partition coefficient (Wildman–Crippen LogP) is 1.58. The van der Waals surface area contributed by atoms with Crippen molar-refractivity contribution in [2.75, 3.05) is 29.6 Å². The number of rotatable bonds is 5. The van der Waals surface area contributed by atoms with Crippen LogP contribution >= 0.6 is 0 Å². The van der Waals surface area contributed by atoms with Crippen molar-refractivity contribution in [3.05, 3.63) is 29.7 Å². The number of carbonyl (C=O) groups is 2. The summed E-state index contributed by atoms with van der Waals surface area (Å²) in [5.74, 6) is -2.06.